The minimum atomic E-state index is -0.288. The highest BCUT2D eigenvalue weighted by atomic mass is 127. The summed E-state index contributed by atoms with van der Waals surface area (Å²) in [6.07, 6.45) is 5.38. The Morgan fingerprint density at radius 1 is 1.35 bits per heavy atom. The Labute approximate surface area is 139 Å². The van der Waals surface area contributed by atoms with Gasteiger partial charge in [-0.15, -0.1) is 24.0 Å². The van der Waals surface area contributed by atoms with Crippen LogP contribution >= 0.6 is 24.0 Å². The first-order valence-corrected chi connectivity index (χ1v) is 7.33. The zero-order valence-corrected chi connectivity index (χ0v) is 15.0. The lowest BCUT2D eigenvalue weighted by Crippen LogP contribution is -2.40. The van der Waals surface area contributed by atoms with Gasteiger partial charge < -0.3 is 15.4 Å². The number of aliphatic imine (C=N–C) groups is 1. The number of rotatable bonds is 9. The van der Waals surface area contributed by atoms with Gasteiger partial charge in [0.05, 0.1) is 6.67 Å². The van der Waals surface area contributed by atoms with Crippen molar-refractivity contribution in [3.05, 3.63) is 0 Å². The zero-order chi connectivity index (χ0) is 14.0. The van der Waals surface area contributed by atoms with Gasteiger partial charge in [0.2, 0.25) is 0 Å². The Bertz CT molecular complexity index is 273. The first-order chi connectivity index (χ1) is 9.26. The highest BCUT2D eigenvalue weighted by Crippen LogP contribution is 2.44. The van der Waals surface area contributed by atoms with Crippen molar-refractivity contribution >= 4 is 29.9 Å². The van der Waals surface area contributed by atoms with Gasteiger partial charge in [-0.3, -0.25) is 9.38 Å². The molecule has 1 fully saturated rings. The van der Waals surface area contributed by atoms with Crippen molar-refractivity contribution in [3.8, 4) is 0 Å². The molecule has 0 unspecified atom stereocenters. The highest BCUT2D eigenvalue weighted by Gasteiger charge is 2.36. The normalized spacial score (nSPS) is 17.1. The predicted molar refractivity (Wildman–Crippen MR) is 92.8 cm³/mol. The lowest BCUT2D eigenvalue weighted by atomic mass is 9.67. The largest absolute Gasteiger partial charge is 0.385 e. The fraction of sp³-hybridized carbons (Fsp3) is 0.929. The van der Waals surface area contributed by atoms with Gasteiger partial charge in [-0.05, 0) is 38.0 Å². The molecule has 0 aromatic heterocycles. The van der Waals surface area contributed by atoms with E-state index in [1.807, 2.05) is 6.92 Å². The van der Waals surface area contributed by atoms with Crippen LogP contribution in [0.25, 0.3) is 0 Å². The number of methoxy groups -OCH3 is 1. The number of hydrogen-bond acceptors (Lipinski definition) is 2. The Morgan fingerprint density at radius 2 is 2.10 bits per heavy atom. The molecule has 0 spiro atoms. The lowest BCUT2D eigenvalue weighted by molar-refractivity contribution is 0.0778. The number of ether oxygens (including phenoxy) is 1. The van der Waals surface area contributed by atoms with E-state index in [4.69, 9.17) is 4.74 Å². The molecule has 20 heavy (non-hydrogen) atoms. The second-order valence-electron chi connectivity index (χ2n) is 5.26. The molecule has 1 aliphatic rings. The van der Waals surface area contributed by atoms with Gasteiger partial charge in [-0.25, -0.2) is 0 Å². The van der Waals surface area contributed by atoms with Crippen LogP contribution in [0.1, 0.15) is 39.0 Å². The van der Waals surface area contributed by atoms with E-state index in [1.165, 1.54) is 19.3 Å². The average Bonchev–Trinajstić information content (AvgIpc) is 2.37. The molecule has 1 rings (SSSR count). The summed E-state index contributed by atoms with van der Waals surface area (Å²) >= 11 is 0. The molecule has 4 nitrogen and oxygen atoms in total. The van der Waals surface area contributed by atoms with Gasteiger partial charge in [-0.2, -0.15) is 0 Å². The summed E-state index contributed by atoms with van der Waals surface area (Å²) in [5, 5.41) is 6.37. The van der Waals surface area contributed by atoms with Crippen molar-refractivity contribution in [2.75, 3.05) is 40.0 Å². The average molecular weight is 401 g/mol. The Morgan fingerprint density at radius 3 is 2.60 bits per heavy atom. The van der Waals surface area contributed by atoms with E-state index in [-0.39, 0.29) is 30.7 Å². The second-order valence-corrected chi connectivity index (χ2v) is 5.26. The summed E-state index contributed by atoms with van der Waals surface area (Å²) in [7, 11) is 1.75. The molecule has 2 N–H and O–H groups in total. The quantitative estimate of drug-likeness (QED) is 0.270. The van der Waals surface area contributed by atoms with E-state index in [0.29, 0.717) is 18.4 Å². The molecule has 120 valence electrons. The van der Waals surface area contributed by atoms with Crippen LogP contribution in [0.5, 0.6) is 0 Å². The van der Waals surface area contributed by atoms with Crippen LogP contribution in [0, 0.1) is 5.41 Å². The molecule has 0 amide bonds. The van der Waals surface area contributed by atoms with E-state index < -0.39 is 0 Å². The number of alkyl halides is 1. The lowest BCUT2D eigenvalue weighted by Gasteiger charge is -2.40. The molecule has 1 saturated carbocycles. The van der Waals surface area contributed by atoms with Crippen LogP contribution in [0.4, 0.5) is 4.39 Å². The minimum Gasteiger partial charge on any atom is -0.385 e. The molecule has 1 aliphatic carbocycles. The minimum absolute atomic E-state index is 0. The van der Waals surface area contributed by atoms with Gasteiger partial charge in [0.15, 0.2) is 5.96 Å². The molecular formula is C14H29FIN3O. The third kappa shape index (κ3) is 7.06. The molecule has 0 radical (unpaired) electrons. The maximum atomic E-state index is 12.1. The molecule has 0 bridgehead atoms. The third-order valence-corrected chi connectivity index (χ3v) is 3.77. The summed E-state index contributed by atoms with van der Waals surface area (Å²) in [4.78, 5) is 4.65. The van der Waals surface area contributed by atoms with Crippen molar-refractivity contribution in [2.45, 2.75) is 39.0 Å². The van der Waals surface area contributed by atoms with Crippen molar-refractivity contribution in [3.63, 3.8) is 0 Å². The monoisotopic (exact) mass is 401 g/mol. The van der Waals surface area contributed by atoms with Gasteiger partial charge in [-0.1, -0.05) is 6.42 Å². The van der Waals surface area contributed by atoms with Crippen LogP contribution in [-0.4, -0.2) is 46.0 Å². The van der Waals surface area contributed by atoms with Crippen molar-refractivity contribution in [2.24, 2.45) is 10.4 Å². The maximum absolute atomic E-state index is 12.1. The van der Waals surface area contributed by atoms with E-state index in [2.05, 4.69) is 15.6 Å². The molecule has 0 aromatic carbocycles. The predicted octanol–water partition coefficient (Wildman–Crippen LogP) is 2.73. The van der Waals surface area contributed by atoms with Crippen LogP contribution in [-0.2, 0) is 4.74 Å². The number of hydrogen-bond donors (Lipinski definition) is 2. The summed E-state index contributed by atoms with van der Waals surface area (Å²) in [5.41, 5.74) is 0.332. The fourth-order valence-electron chi connectivity index (χ4n) is 2.34. The molecule has 6 heteroatoms. The standard InChI is InChI=1S/C14H28FN3O.HI/c1-3-16-13(17-10-5-9-15)18-12-14(6-4-7-14)8-11-19-2;/h3-12H2,1-2H3,(H2,16,17,18);1H. The molecule has 0 atom stereocenters. The van der Waals surface area contributed by atoms with Gasteiger partial charge in [0.1, 0.15) is 0 Å². The second kappa shape index (κ2) is 11.5. The van der Waals surface area contributed by atoms with Crippen LogP contribution in [0.3, 0.4) is 0 Å². The first-order valence-electron chi connectivity index (χ1n) is 7.33. The summed E-state index contributed by atoms with van der Waals surface area (Å²) < 4.78 is 17.3. The van der Waals surface area contributed by atoms with Crippen LogP contribution in [0.2, 0.25) is 0 Å². The van der Waals surface area contributed by atoms with Crippen molar-refractivity contribution in [1.29, 1.82) is 0 Å². The number of halogens is 2. The van der Waals surface area contributed by atoms with Crippen LogP contribution in [0.15, 0.2) is 4.99 Å². The molecule has 0 heterocycles. The molecule has 0 aromatic rings. The summed E-state index contributed by atoms with van der Waals surface area (Å²) in [6.45, 7) is 4.85. The number of nitrogens with one attached hydrogen (secondary N) is 2. The molecular weight excluding hydrogens is 372 g/mol. The Kier molecular flexibility index (Phi) is 11.5. The SMILES string of the molecule is CCNC(=NCC1(CCOC)CCC1)NCCCF.I. The maximum Gasteiger partial charge on any atom is 0.191 e. The number of guanidine groups is 1. The zero-order valence-electron chi connectivity index (χ0n) is 12.7. The molecule has 0 saturated heterocycles. The van der Waals surface area contributed by atoms with Gasteiger partial charge in [0.25, 0.3) is 0 Å². The first kappa shape index (κ1) is 19.9. The topological polar surface area (TPSA) is 45.7 Å². The van der Waals surface area contributed by atoms with E-state index in [1.54, 1.807) is 7.11 Å². The molecule has 0 aliphatic heterocycles. The van der Waals surface area contributed by atoms with E-state index >= 15 is 0 Å². The van der Waals surface area contributed by atoms with Gasteiger partial charge in [0, 0.05) is 33.4 Å². The summed E-state index contributed by atoms with van der Waals surface area (Å²) in [6, 6.07) is 0. The van der Waals surface area contributed by atoms with Crippen molar-refractivity contribution < 1.29 is 9.13 Å². The van der Waals surface area contributed by atoms with E-state index in [9.17, 15) is 4.39 Å². The Hall–Kier alpha value is -0.110. The van der Waals surface area contributed by atoms with E-state index in [0.717, 1.165) is 32.1 Å². The fourth-order valence-corrected chi connectivity index (χ4v) is 2.34. The Balaban J connectivity index is 0.00000361. The summed E-state index contributed by atoms with van der Waals surface area (Å²) in [5.74, 6) is 0.805. The third-order valence-electron chi connectivity index (χ3n) is 3.77. The van der Waals surface area contributed by atoms with Crippen molar-refractivity contribution in [1.82, 2.24) is 10.6 Å². The highest BCUT2D eigenvalue weighted by molar-refractivity contribution is 14.0. The smallest absolute Gasteiger partial charge is 0.191 e. The van der Waals surface area contributed by atoms with Gasteiger partial charge >= 0.3 is 0 Å². The number of nitrogens with zero attached hydrogens (tertiary/aromatic N) is 1. The van der Waals surface area contributed by atoms with Crippen LogP contribution < -0.4 is 10.6 Å².